The van der Waals surface area contributed by atoms with Crippen molar-refractivity contribution in [2.24, 2.45) is 0 Å². The van der Waals surface area contributed by atoms with E-state index < -0.39 is 5.60 Å². The molecule has 0 fully saturated rings. The molecule has 0 aliphatic heterocycles. The van der Waals surface area contributed by atoms with E-state index in [1.54, 1.807) is 31.8 Å². The number of aromatic nitrogens is 2. The van der Waals surface area contributed by atoms with E-state index in [1.807, 2.05) is 37.3 Å². The number of likely N-dealkylation sites (N-methyl/N-ethyl adjacent to an activating group) is 1. The monoisotopic (exact) mass is 301 g/mol. The first-order valence-electron chi connectivity index (χ1n) is 7.43. The van der Waals surface area contributed by atoms with Crippen molar-refractivity contribution in [1.29, 1.82) is 0 Å². The molecule has 1 N–H and O–H groups in total. The molecule has 0 spiro atoms. The maximum atomic E-state index is 12.6. The fourth-order valence-electron chi connectivity index (χ4n) is 2.54. The summed E-state index contributed by atoms with van der Waals surface area (Å²) in [6, 6.07) is 9.75. The molecule has 118 valence electrons. The lowest BCUT2D eigenvalue weighted by Gasteiger charge is -2.25. The molecule has 2 rings (SSSR count). The highest BCUT2D eigenvalue weighted by Gasteiger charge is 2.24. The molecule has 0 radical (unpaired) electrons. The van der Waals surface area contributed by atoms with Crippen LogP contribution < -0.4 is 0 Å². The highest BCUT2D eigenvalue weighted by Crippen LogP contribution is 2.18. The largest absolute Gasteiger partial charge is 0.389 e. The van der Waals surface area contributed by atoms with E-state index in [9.17, 15) is 9.90 Å². The van der Waals surface area contributed by atoms with Crippen molar-refractivity contribution in [1.82, 2.24) is 14.7 Å². The van der Waals surface area contributed by atoms with Gasteiger partial charge in [0.25, 0.3) is 5.91 Å². The zero-order valence-electron chi connectivity index (χ0n) is 13.6. The molecule has 0 bridgehead atoms. The molecule has 1 amide bonds. The second-order valence-electron chi connectivity index (χ2n) is 6.08. The third-order valence-corrected chi connectivity index (χ3v) is 3.41. The van der Waals surface area contributed by atoms with Gasteiger partial charge in [0.15, 0.2) is 0 Å². The highest BCUT2D eigenvalue weighted by atomic mass is 16.3. The van der Waals surface area contributed by atoms with Crippen LogP contribution in [0.5, 0.6) is 0 Å². The third-order valence-electron chi connectivity index (χ3n) is 3.41. The van der Waals surface area contributed by atoms with Gasteiger partial charge < -0.3 is 10.0 Å². The molecule has 0 atom stereocenters. The summed E-state index contributed by atoms with van der Waals surface area (Å²) < 4.78 is 1.80. The summed E-state index contributed by atoms with van der Waals surface area (Å²) in [4.78, 5) is 14.1. The van der Waals surface area contributed by atoms with Gasteiger partial charge in [-0.25, -0.2) is 4.68 Å². The number of hydrogen-bond donors (Lipinski definition) is 1. The molecule has 5 heteroatoms. The van der Waals surface area contributed by atoms with Crippen molar-refractivity contribution in [2.45, 2.75) is 32.8 Å². The number of carbonyl (C=O) groups excluding carboxylic acids is 1. The molecule has 22 heavy (non-hydrogen) atoms. The van der Waals surface area contributed by atoms with E-state index in [-0.39, 0.29) is 12.5 Å². The Bertz CT molecular complexity index is 642. The van der Waals surface area contributed by atoms with Crippen molar-refractivity contribution in [3.05, 3.63) is 47.8 Å². The molecule has 1 heterocycles. The van der Waals surface area contributed by atoms with Crippen LogP contribution in [0, 0.1) is 0 Å². The number of aliphatic hydroxyl groups is 1. The van der Waals surface area contributed by atoms with Crippen LogP contribution >= 0.6 is 0 Å². The van der Waals surface area contributed by atoms with Gasteiger partial charge >= 0.3 is 0 Å². The average Bonchev–Trinajstić information content (AvgIpc) is 2.89. The van der Waals surface area contributed by atoms with Gasteiger partial charge in [-0.05, 0) is 32.4 Å². The lowest BCUT2D eigenvalue weighted by Crippen LogP contribution is -2.39. The van der Waals surface area contributed by atoms with E-state index in [1.165, 1.54) is 4.90 Å². The van der Waals surface area contributed by atoms with Crippen molar-refractivity contribution in [3.8, 4) is 5.69 Å². The van der Waals surface area contributed by atoms with Crippen molar-refractivity contribution in [3.63, 3.8) is 0 Å². The first kappa shape index (κ1) is 16.2. The van der Waals surface area contributed by atoms with E-state index in [0.29, 0.717) is 12.0 Å². The molecule has 0 aliphatic rings. The molecule has 5 nitrogen and oxygen atoms in total. The van der Waals surface area contributed by atoms with Gasteiger partial charge in [-0.3, -0.25) is 4.79 Å². The summed E-state index contributed by atoms with van der Waals surface area (Å²) in [7, 11) is 1.69. The Morgan fingerprint density at radius 3 is 2.50 bits per heavy atom. The molecule has 0 unspecified atom stereocenters. The maximum Gasteiger partial charge on any atom is 0.257 e. The van der Waals surface area contributed by atoms with Gasteiger partial charge in [0.1, 0.15) is 0 Å². The van der Waals surface area contributed by atoms with Gasteiger partial charge in [0.2, 0.25) is 0 Å². The first-order valence-corrected chi connectivity index (χ1v) is 7.43. The number of amides is 1. The van der Waals surface area contributed by atoms with Crippen LogP contribution in [-0.2, 0) is 6.42 Å². The number of para-hydroxylation sites is 1. The van der Waals surface area contributed by atoms with Crippen LogP contribution in [0.15, 0.2) is 36.5 Å². The zero-order chi connectivity index (χ0) is 16.3. The summed E-state index contributed by atoms with van der Waals surface area (Å²) in [6.07, 6.45) is 2.31. The summed E-state index contributed by atoms with van der Waals surface area (Å²) in [5, 5.41) is 14.2. The quantitative estimate of drug-likeness (QED) is 0.921. The minimum Gasteiger partial charge on any atom is -0.389 e. The van der Waals surface area contributed by atoms with Crippen molar-refractivity contribution >= 4 is 5.91 Å². The van der Waals surface area contributed by atoms with Gasteiger partial charge in [-0.2, -0.15) is 5.10 Å². The van der Waals surface area contributed by atoms with Crippen LogP contribution in [0.1, 0.15) is 36.8 Å². The Hall–Kier alpha value is -2.14. The minimum absolute atomic E-state index is 0.124. The predicted molar refractivity (Wildman–Crippen MR) is 86.2 cm³/mol. The lowest BCUT2D eigenvalue weighted by atomic mass is 10.1. The van der Waals surface area contributed by atoms with E-state index in [4.69, 9.17) is 0 Å². The molecular formula is C17H23N3O2. The Balaban J connectivity index is 2.33. The smallest absolute Gasteiger partial charge is 0.257 e. The standard InChI is InChI=1S/C17H23N3O2/c1-5-15-14(16(21)19(4)12-17(2,3)22)11-18-20(15)13-9-7-6-8-10-13/h6-11,22H,5,12H2,1-4H3. The van der Waals surface area contributed by atoms with Crippen molar-refractivity contribution < 1.29 is 9.90 Å². The molecule has 1 aromatic heterocycles. The topological polar surface area (TPSA) is 58.4 Å². The van der Waals surface area contributed by atoms with E-state index >= 15 is 0 Å². The fourth-order valence-corrected chi connectivity index (χ4v) is 2.54. The minimum atomic E-state index is -0.924. The molecule has 0 saturated heterocycles. The van der Waals surface area contributed by atoms with Crippen LogP contribution in [0.25, 0.3) is 5.69 Å². The average molecular weight is 301 g/mol. The van der Waals surface area contributed by atoms with Crippen LogP contribution in [0.2, 0.25) is 0 Å². The lowest BCUT2D eigenvalue weighted by molar-refractivity contribution is 0.0367. The third kappa shape index (κ3) is 3.54. The number of carbonyl (C=O) groups is 1. The number of rotatable bonds is 5. The summed E-state index contributed by atoms with van der Waals surface area (Å²) in [5.41, 5.74) is 1.46. The summed E-state index contributed by atoms with van der Waals surface area (Å²) in [6.45, 7) is 5.64. The first-order chi connectivity index (χ1) is 10.3. The Labute approximate surface area is 131 Å². The second kappa shape index (κ2) is 6.32. The van der Waals surface area contributed by atoms with Gasteiger partial charge in [0.05, 0.1) is 28.7 Å². The molecule has 1 aromatic carbocycles. The normalized spacial score (nSPS) is 11.5. The van der Waals surface area contributed by atoms with Crippen LogP contribution in [0.3, 0.4) is 0 Å². The van der Waals surface area contributed by atoms with Crippen LogP contribution in [0.4, 0.5) is 0 Å². The molecular weight excluding hydrogens is 278 g/mol. The van der Waals surface area contributed by atoms with Gasteiger partial charge in [-0.1, -0.05) is 25.1 Å². The number of nitrogens with zero attached hydrogens (tertiary/aromatic N) is 3. The number of hydrogen-bond acceptors (Lipinski definition) is 3. The predicted octanol–water partition coefficient (Wildman–Crippen LogP) is 2.28. The molecule has 0 aliphatic carbocycles. The van der Waals surface area contributed by atoms with E-state index in [2.05, 4.69) is 5.10 Å². The highest BCUT2D eigenvalue weighted by molar-refractivity contribution is 5.95. The Morgan fingerprint density at radius 1 is 1.32 bits per heavy atom. The Kier molecular flexibility index (Phi) is 4.66. The van der Waals surface area contributed by atoms with Gasteiger partial charge in [0, 0.05) is 13.6 Å². The van der Waals surface area contributed by atoms with Gasteiger partial charge in [-0.15, -0.1) is 0 Å². The molecule has 0 saturated carbocycles. The molecule has 2 aromatic rings. The second-order valence-corrected chi connectivity index (χ2v) is 6.08. The van der Waals surface area contributed by atoms with Crippen LogP contribution in [-0.4, -0.2) is 44.9 Å². The van der Waals surface area contributed by atoms with E-state index in [0.717, 1.165) is 11.4 Å². The number of benzene rings is 1. The fraction of sp³-hybridized carbons (Fsp3) is 0.412. The SMILES string of the molecule is CCc1c(C(=O)N(C)CC(C)(C)O)cnn1-c1ccccc1. The Morgan fingerprint density at radius 2 is 1.95 bits per heavy atom. The summed E-state index contributed by atoms with van der Waals surface area (Å²) >= 11 is 0. The maximum absolute atomic E-state index is 12.6. The zero-order valence-corrected chi connectivity index (χ0v) is 13.6. The summed E-state index contributed by atoms with van der Waals surface area (Å²) in [5.74, 6) is -0.124. The van der Waals surface area contributed by atoms with Crippen molar-refractivity contribution in [2.75, 3.05) is 13.6 Å².